The van der Waals surface area contributed by atoms with Gasteiger partial charge in [0, 0.05) is 18.0 Å². The molecule has 3 heteroatoms. The van der Waals surface area contributed by atoms with Crippen LogP contribution in [0.5, 0.6) is 0 Å². The Labute approximate surface area is 108 Å². The van der Waals surface area contributed by atoms with Gasteiger partial charge in [-0.3, -0.25) is 0 Å². The first-order valence-corrected chi connectivity index (χ1v) is 6.53. The van der Waals surface area contributed by atoms with E-state index in [0.29, 0.717) is 12.3 Å². The van der Waals surface area contributed by atoms with E-state index in [0.717, 1.165) is 37.5 Å². The van der Waals surface area contributed by atoms with Crippen LogP contribution >= 0.6 is 11.6 Å². The number of hydrogen-bond donors (Lipinski definition) is 0. The molecule has 0 amide bonds. The Hall–Kier alpha value is -1.04. The molecular formula is C14H17ClN2. The molecule has 0 saturated carbocycles. The van der Waals surface area contributed by atoms with Crippen molar-refractivity contribution in [3.05, 3.63) is 34.9 Å². The van der Waals surface area contributed by atoms with Crippen molar-refractivity contribution in [2.45, 2.75) is 25.2 Å². The quantitative estimate of drug-likeness (QED) is 0.820. The molecule has 1 aliphatic rings. The summed E-state index contributed by atoms with van der Waals surface area (Å²) in [5, 5.41) is 9.46. The molecule has 90 valence electrons. The molecule has 0 radical (unpaired) electrons. The molecule has 0 aliphatic carbocycles. The summed E-state index contributed by atoms with van der Waals surface area (Å²) >= 11 is 6.22. The Morgan fingerprint density at radius 2 is 2.00 bits per heavy atom. The van der Waals surface area contributed by atoms with Crippen LogP contribution < -0.4 is 0 Å². The Morgan fingerprint density at radius 1 is 1.29 bits per heavy atom. The summed E-state index contributed by atoms with van der Waals surface area (Å²) < 4.78 is 0. The van der Waals surface area contributed by atoms with Gasteiger partial charge in [-0.15, -0.1) is 0 Å². The van der Waals surface area contributed by atoms with Crippen molar-refractivity contribution < 1.29 is 0 Å². The van der Waals surface area contributed by atoms with Gasteiger partial charge in [-0.25, -0.2) is 0 Å². The first-order chi connectivity index (χ1) is 8.31. The van der Waals surface area contributed by atoms with Crippen molar-refractivity contribution >= 4 is 11.6 Å². The monoisotopic (exact) mass is 248 g/mol. The van der Waals surface area contributed by atoms with Crippen molar-refractivity contribution in [1.29, 1.82) is 5.26 Å². The van der Waals surface area contributed by atoms with Gasteiger partial charge in [0.25, 0.3) is 0 Å². The number of nitriles is 1. The van der Waals surface area contributed by atoms with E-state index in [1.165, 1.54) is 5.56 Å². The predicted molar refractivity (Wildman–Crippen MR) is 70.1 cm³/mol. The highest BCUT2D eigenvalue weighted by atomic mass is 35.5. The minimum absolute atomic E-state index is 0.585. The lowest BCUT2D eigenvalue weighted by molar-refractivity contribution is 0.216. The summed E-state index contributed by atoms with van der Waals surface area (Å²) in [6.45, 7) is 3.07. The van der Waals surface area contributed by atoms with E-state index >= 15 is 0 Å². The highest BCUT2D eigenvalue weighted by molar-refractivity contribution is 6.31. The summed E-state index contributed by atoms with van der Waals surface area (Å²) in [5.41, 5.74) is 1.29. The summed E-state index contributed by atoms with van der Waals surface area (Å²) in [6, 6.07) is 10.4. The number of hydrogen-bond acceptors (Lipinski definition) is 2. The molecule has 1 aliphatic heterocycles. The zero-order valence-electron chi connectivity index (χ0n) is 9.90. The number of rotatable bonds is 3. The van der Waals surface area contributed by atoms with Crippen LogP contribution in [-0.4, -0.2) is 24.5 Å². The smallest absolute Gasteiger partial charge is 0.0635 e. The third-order valence-corrected chi connectivity index (χ3v) is 3.82. The fourth-order valence-corrected chi connectivity index (χ4v) is 2.77. The lowest BCUT2D eigenvalue weighted by Gasteiger charge is -2.31. The fourth-order valence-electron chi connectivity index (χ4n) is 2.48. The first kappa shape index (κ1) is 12.4. The van der Waals surface area contributed by atoms with Crippen molar-refractivity contribution in [1.82, 2.24) is 4.90 Å². The molecule has 0 spiro atoms. The van der Waals surface area contributed by atoms with Crippen LogP contribution in [0, 0.1) is 11.3 Å². The summed E-state index contributed by atoms with van der Waals surface area (Å²) in [6.07, 6.45) is 2.93. The van der Waals surface area contributed by atoms with Gasteiger partial charge in [0.15, 0.2) is 0 Å². The largest absolute Gasteiger partial charge is 0.302 e. The minimum Gasteiger partial charge on any atom is -0.302 e. The lowest BCUT2D eigenvalue weighted by Crippen LogP contribution is -2.33. The van der Waals surface area contributed by atoms with Crippen molar-refractivity contribution in [3.63, 3.8) is 0 Å². The molecule has 1 aromatic rings. The average Bonchev–Trinajstić information content (AvgIpc) is 2.38. The van der Waals surface area contributed by atoms with Gasteiger partial charge in [-0.2, -0.15) is 5.26 Å². The minimum atomic E-state index is 0.585. The van der Waals surface area contributed by atoms with Crippen LogP contribution in [0.1, 0.15) is 30.7 Å². The van der Waals surface area contributed by atoms with Crippen LogP contribution in [0.3, 0.4) is 0 Å². The number of piperidine rings is 1. The molecule has 1 fully saturated rings. The molecule has 1 heterocycles. The average molecular weight is 249 g/mol. The van der Waals surface area contributed by atoms with E-state index in [1.807, 2.05) is 12.1 Å². The Bertz CT molecular complexity index is 403. The normalized spacial score (nSPS) is 17.9. The van der Waals surface area contributed by atoms with Crippen LogP contribution in [0.4, 0.5) is 0 Å². The van der Waals surface area contributed by atoms with Gasteiger partial charge < -0.3 is 4.90 Å². The van der Waals surface area contributed by atoms with E-state index in [1.54, 1.807) is 0 Å². The highest BCUT2D eigenvalue weighted by Gasteiger charge is 2.21. The van der Waals surface area contributed by atoms with Crippen molar-refractivity contribution in [2.75, 3.05) is 19.6 Å². The zero-order valence-corrected chi connectivity index (χ0v) is 10.7. The predicted octanol–water partition coefficient (Wildman–Crippen LogP) is 3.43. The molecule has 0 N–H and O–H groups in total. The van der Waals surface area contributed by atoms with Gasteiger partial charge in [0.2, 0.25) is 0 Å². The molecule has 0 unspecified atom stereocenters. The maximum absolute atomic E-state index is 8.57. The molecule has 17 heavy (non-hydrogen) atoms. The third-order valence-electron chi connectivity index (χ3n) is 3.47. The first-order valence-electron chi connectivity index (χ1n) is 6.15. The van der Waals surface area contributed by atoms with Crippen LogP contribution in [0.15, 0.2) is 24.3 Å². The third kappa shape index (κ3) is 3.21. The van der Waals surface area contributed by atoms with Gasteiger partial charge in [-0.05, 0) is 43.5 Å². The molecule has 2 rings (SSSR count). The zero-order chi connectivity index (χ0) is 12.1. The van der Waals surface area contributed by atoms with Crippen LogP contribution in [-0.2, 0) is 0 Å². The fraction of sp³-hybridized carbons (Fsp3) is 0.500. The maximum atomic E-state index is 8.57. The van der Waals surface area contributed by atoms with E-state index in [4.69, 9.17) is 16.9 Å². The van der Waals surface area contributed by atoms with Crippen LogP contribution in [0.2, 0.25) is 5.02 Å². The summed E-state index contributed by atoms with van der Waals surface area (Å²) in [5.74, 6) is 0.585. The molecule has 2 nitrogen and oxygen atoms in total. The summed E-state index contributed by atoms with van der Waals surface area (Å²) in [4.78, 5) is 2.37. The van der Waals surface area contributed by atoms with E-state index in [-0.39, 0.29) is 0 Å². The Kier molecular flexibility index (Phi) is 4.42. The highest BCUT2D eigenvalue weighted by Crippen LogP contribution is 2.32. The lowest BCUT2D eigenvalue weighted by atomic mass is 9.89. The van der Waals surface area contributed by atoms with Crippen LogP contribution in [0.25, 0.3) is 0 Å². The standard InChI is InChI=1S/C14H17ClN2/c15-14-5-2-1-4-13(14)12-6-10-17(11-7-12)9-3-8-16/h1-2,4-5,12H,3,6-7,9-11H2. The Morgan fingerprint density at radius 3 is 2.65 bits per heavy atom. The van der Waals surface area contributed by atoms with E-state index < -0.39 is 0 Å². The number of nitrogens with zero attached hydrogens (tertiary/aromatic N) is 2. The van der Waals surface area contributed by atoms with Gasteiger partial charge in [-0.1, -0.05) is 29.8 Å². The molecule has 0 aromatic heterocycles. The van der Waals surface area contributed by atoms with Gasteiger partial charge >= 0.3 is 0 Å². The second-order valence-corrected chi connectivity index (χ2v) is 4.95. The molecule has 1 aromatic carbocycles. The summed E-state index contributed by atoms with van der Waals surface area (Å²) in [7, 11) is 0. The number of halogens is 1. The molecule has 0 atom stereocenters. The van der Waals surface area contributed by atoms with E-state index in [2.05, 4.69) is 23.1 Å². The van der Waals surface area contributed by atoms with E-state index in [9.17, 15) is 0 Å². The number of benzene rings is 1. The molecule has 0 bridgehead atoms. The van der Waals surface area contributed by atoms with Gasteiger partial charge in [0.05, 0.1) is 6.07 Å². The maximum Gasteiger partial charge on any atom is 0.0635 e. The second-order valence-electron chi connectivity index (χ2n) is 4.55. The topological polar surface area (TPSA) is 27.0 Å². The Balaban J connectivity index is 1.91. The SMILES string of the molecule is N#CCCN1CCC(c2ccccc2Cl)CC1. The van der Waals surface area contributed by atoms with Crippen molar-refractivity contribution in [3.8, 4) is 6.07 Å². The van der Waals surface area contributed by atoms with Gasteiger partial charge in [0.1, 0.15) is 0 Å². The molecular weight excluding hydrogens is 232 g/mol. The molecule has 1 saturated heterocycles. The number of likely N-dealkylation sites (tertiary alicyclic amines) is 1. The van der Waals surface area contributed by atoms with Crippen molar-refractivity contribution in [2.24, 2.45) is 0 Å². The second kappa shape index (κ2) is 6.05.